The summed E-state index contributed by atoms with van der Waals surface area (Å²) < 4.78 is 15.1. The van der Waals surface area contributed by atoms with Crippen molar-refractivity contribution in [3.63, 3.8) is 0 Å². The minimum absolute atomic E-state index is 0.0299. The van der Waals surface area contributed by atoms with E-state index in [-0.39, 0.29) is 23.7 Å². The highest BCUT2D eigenvalue weighted by Gasteiger charge is 2.35. The lowest BCUT2D eigenvalue weighted by molar-refractivity contribution is -0.0166. The molecule has 0 radical (unpaired) electrons. The van der Waals surface area contributed by atoms with Crippen molar-refractivity contribution in [1.82, 2.24) is 9.47 Å². The summed E-state index contributed by atoms with van der Waals surface area (Å²) in [6.07, 6.45) is -0.560. The number of aromatic nitrogens is 1. The van der Waals surface area contributed by atoms with Crippen LogP contribution in [0, 0.1) is 5.82 Å². The van der Waals surface area contributed by atoms with E-state index in [4.69, 9.17) is 16.7 Å². The van der Waals surface area contributed by atoms with Gasteiger partial charge in [-0.3, -0.25) is 9.59 Å². The fourth-order valence-electron chi connectivity index (χ4n) is 2.75. The van der Waals surface area contributed by atoms with E-state index < -0.39 is 46.4 Å². The van der Waals surface area contributed by atoms with E-state index in [2.05, 4.69) is 0 Å². The standard InChI is InChI=1S/C16H12ClFN2O6/c17-9-3-1-2-7(11(9)18)4-20-10(21)6-19-5-8(16(25)26)13(22)14(23)12(19)15(20)24/h1-3,5,10,21,23H,4,6H2,(H,25,26). The van der Waals surface area contributed by atoms with Crippen LogP contribution in [0.15, 0.2) is 29.2 Å². The van der Waals surface area contributed by atoms with Gasteiger partial charge < -0.3 is 24.8 Å². The molecule has 0 spiro atoms. The molecule has 1 aliphatic heterocycles. The molecule has 136 valence electrons. The van der Waals surface area contributed by atoms with Crippen LogP contribution in [0.3, 0.4) is 0 Å². The average molecular weight is 383 g/mol. The summed E-state index contributed by atoms with van der Waals surface area (Å²) in [5.41, 5.74) is -2.40. The van der Waals surface area contributed by atoms with Gasteiger partial charge in [0.25, 0.3) is 5.91 Å². The third-order valence-corrected chi connectivity index (χ3v) is 4.33. The Hall–Kier alpha value is -2.91. The van der Waals surface area contributed by atoms with Gasteiger partial charge in [0, 0.05) is 11.8 Å². The number of hydrogen-bond acceptors (Lipinski definition) is 5. The minimum Gasteiger partial charge on any atom is -0.503 e. The molecule has 0 saturated carbocycles. The second-order valence-electron chi connectivity index (χ2n) is 5.65. The lowest BCUT2D eigenvalue weighted by atomic mass is 10.1. The van der Waals surface area contributed by atoms with Crippen LogP contribution < -0.4 is 5.43 Å². The summed E-state index contributed by atoms with van der Waals surface area (Å²) in [4.78, 5) is 36.5. The Kier molecular flexibility index (Phi) is 4.43. The van der Waals surface area contributed by atoms with E-state index in [1.807, 2.05) is 0 Å². The lowest BCUT2D eigenvalue weighted by Crippen LogP contribution is -2.48. The zero-order chi connectivity index (χ0) is 19.2. The maximum absolute atomic E-state index is 14.1. The number of halogens is 2. The first kappa shape index (κ1) is 17.9. The van der Waals surface area contributed by atoms with Gasteiger partial charge in [-0.15, -0.1) is 0 Å². The molecule has 1 atom stereocenters. The van der Waals surface area contributed by atoms with Crippen LogP contribution in [0.2, 0.25) is 5.02 Å². The number of aromatic hydroxyl groups is 1. The molecule has 3 N–H and O–H groups in total. The molecule has 0 bridgehead atoms. The van der Waals surface area contributed by atoms with Gasteiger partial charge >= 0.3 is 5.97 Å². The third kappa shape index (κ3) is 2.80. The average Bonchev–Trinajstić information content (AvgIpc) is 2.57. The van der Waals surface area contributed by atoms with Crippen molar-refractivity contribution in [1.29, 1.82) is 0 Å². The Labute approximate surface area is 150 Å². The SMILES string of the molecule is O=C(O)c1cn2c(c(O)c1=O)C(=O)N(Cc1cccc(Cl)c1F)C(O)C2. The molecule has 1 aliphatic rings. The van der Waals surface area contributed by atoms with Crippen LogP contribution in [0.5, 0.6) is 5.75 Å². The second-order valence-corrected chi connectivity index (χ2v) is 6.06. The maximum atomic E-state index is 14.1. The van der Waals surface area contributed by atoms with Gasteiger partial charge in [0.15, 0.2) is 11.4 Å². The van der Waals surface area contributed by atoms with Crippen molar-refractivity contribution in [2.45, 2.75) is 19.3 Å². The number of carbonyl (C=O) groups is 2. The van der Waals surface area contributed by atoms with Crippen molar-refractivity contribution in [3.05, 3.63) is 62.3 Å². The fourth-order valence-corrected chi connectivity index (χ4v) is 2.94. The maximum Gasteiger partial charge on any atom is 0.341 e. The smallest absolute Gasteiger partial charge is 0.341 e. The molecule has 10 heteroatoms. The summed E-state index contributed by atoms with van der Waals surface area (Å²) in [5.74, 6) is -4.33. The highest BCUT2D eigenvalue weighted by atomic mass is 35.5. The lowest BCUT2D eigenvalue weighted by Gasteiger charge is -2.34. The summed E-state index contributed by atoms with van der Waals surface area (Å²) in [7, 11) is 0. The molecule has 2 heterocycles. The highest BCUT2D eigenvalue weighted by Crippen LogP contribution is 2.26. The Bertz CT molecular complexity index is 989. The Morgan fingerprint density at radius 1 is 1.35 bits per heavy atom. The van der Waals surface area contributed by atoms with Crippen LogP contribution in [-0.2, 0) is 13.1 Å². The first-order valence-corrected chi connectivity index (χ1v) is 7.71. The number of benzene rings is 1. The number of fused-ring (bicyclic) bond motifs is 1. The van der Waals surface area contributed by atoms with Gasteiger partial charge in [-0.25, -0.2) is 9.18 Å². The van der Waals surface area contributed by atoms with Crippen molar-refractivity contribution in [2.75, 3.05) is 0 Å². The van der Waals surface area contributed by atoms with Crippen LogP contribution in [0.25, 0.3) is 0 Å². The Morgan fingerprint density at radius 2 is 2.04 bits per heavy atom. The van der Waals surface area contributed by atoms with E-state index in [1.54, 1.807) is 0 Å². The minimum atomic E-state index is -1.58. The number of aliphatic hydroxyl groups is 1. The molecule has 1 amide bonds. The molecule has 0 saturated heterocycles. The van der Waals surface area contributed by atoms with Crippen molar-refractivity contribution in [3.8, 4) is 5.75 Å². The third-order valence-electron chi connectivity index (χ3n) is 4.04. The number of carboxylic acid groups (broad SMARTS) is 1. The number of rotatable bonds is 3. The van der Waals surface area contributed by atoms with Gasteiger partial charge in [0.05, 0.1) is 18.1 Å². The topological polar surface area (TPSA) is 120 Å². The van der Waals surface area contributed by atoms with Gasteiger partial charge in [0.2, 0.25) is 5.43 Å². The van der Waals surface area contributed by atoms with Gasteiger partial charge in [-0.1, -0.05) is 23.7 Å². The predicted molar refractivity (Wildman–Crippen MR) is 86.6 cm³/mol. The second kappa shape index (κ2) is 6.43. The molecular formula is C16H12ClFN2O6. The first-order chi connectivity index (χ1) is 12.2. The molecule has 26 heavy (non-hydrogen) atoms. The summed E-state index contributed by atoms with van der Waals surface area (Å²) in [5, 5.41) is 29.0. The summed E-state index contributed by atoms with van der Waals surface area (Å²) >= 11 is 5.70. The van der Waals surface area contributed by atoms with E-state index in [1.165, 1.54) is 18.2 Å². The number of aromatic carboxylic acids is 1. The zero-order valence-electron chi connectivity index (χ0n) is 13.0. The molecular weight excluding hydrogens is 371 g/mol. The number of nitrogens with zero attached hydrogens (tertiary/aromatic N) is 2. The summed E-state index contributed by atoms with van der Waals surface area (Å²) in [6, 6.07) is 4.16. The number of carboxylic acids is 1. The van der Waals surface area contributed by atoms with Gasteiger partial charge in [-0.05, 0) is 6.07 Å². The van der Waals surface area contributed by atoms with Crippen molar-refractivity contribution >= 4 is 23.5 Å². The van der Waals surface area contributed by atoms with Crippen molar-refractivity contribution < 1.29 is 29.3 Å². The molecule has 3 rings (SSSR count). The van der Waals surface area contributed by atoms with Crippen LogP contribution in [0.4, 0.5) is 4.39 Å². The molecule has 1 aromatic carbocycles. The van der Waals surface area contributed by atoms with Crippen LogP contribution >= 0.6 is 11.6 Å². The number of carbonyl (C=O) groups excluding carboxylic acids is 1. The Balaban J connectivity index is 2.05. The van der Waals surface area contributed by atoms with Crippen LogP contribution in [-0.4, -0.2) is 42.9 Å². The van der Waals surface area contributed by atoms with Gasteiger partial charge in [0.1, 0.15) is 17.6 Å². The largest absolute Gasteiger partial charge is 0.503 e. The number of pyridine rings is 1. The Morgan fingerprint density at radius 3 is 2.69 bits per heavy atom. The zero-order valence-corrected chi connectivity index (χ0v) is 13.8. The number of amides is 1. The molecule has 0 aliphatic carbocycles. The monoisotopic (exact) mass is 382 g/mol. The highest BCUT2D eigenvalue weighted by molar-refractivity contribution is 6.30. The van der Waals surface area contributed by atoms with E-state index >= 15 is 0 Å². The molecule has 1 unspecified atom stereocenters. The normalized spacial score (nSPS) is 16.5. The van der Waals surface area contributed by atoms with E-state index in [9.17, 15) is 29.0 Å². The van der Waals surface area contributed by atoms with E-state index in [0.717, 1.165) is 15.7 Å². The molecule has 8 nitrogen and oxygen atoms in total. The molecule has 1 aromatic heterocycles. The number of hydrogen-bond donors (Lipinski definition) is 3. The molecule has 0 fully saturated rings. The predicted octanol–water partition coefficient (Wildman–Crippen LogP) is 1.02. The first-order valence-electron chi connectivity index (χ1n) is 7.34. The number of aliphatic hydroxyl groups excluding tert-OH is 1. The van der Waals surface area contributed by atoms with Crippen LogP contribution in [0.1, 0.15) is 26.4 Å². The quantitative estimate of drug-likeness (QED) is 0.729. The molecule has 2 aromatic rings. The van der Waals surface area contributed by atoms with Crippen molar-refractivity contribution in [2.24, 2.45) is 0 Å². The van der Waals surface area contributed by atoms with E-state index in [0.29, 0.717) is 0 Å². The summed E-state index contributed by atoms with van der Waals surface area (Å²) in [6.45, 7) is -0.669. The van der Waals surface area contributed by atoms with Gasteiger partial charge in [-0.2, -0.15) is 0 Å². The fraction of sp³-hybridized carbons (Fsp3) is 0.188.